The number of thiol groups is 1. The summed E-state index contributed by atoms with van der Waals surface area (Å²) < 4.78 is 4.98. The fourth-order valence-electron chi connectivity index (χ4n) is 0.814. The summed E-state index contributed by atoms with van der Waals surface area (Å²) in [6.45, 7) is 5.21. The first-order valence-corrected chi connectivity index (χ1v) is 4.95. The van der Waals surface area contributed by atoms with Gasteiger partial charge in [-0.2, -0.15) is 12.6 Å². The average molecular weight is 220 g/mol. The lowest BCUT2D eigenvalue weighted by Gasteiger charge is -2.20. The molecule has 0 spiro atoms. The number of rotatable bonds is 4. The second kappa shape index (κ2) is 5.24. The smallest absolute Gasteiger partial charge is 0.307 e. The highest BCUT2D eigenvalue weighted by atomic mass is 32.1. The van der Waals surface area contributed by atoms with Gasteiger partial charge in [0.25, 0.3) is 0 Å². The summed E-state index contributed by atoms with van der Waals surface area (Å²) in [5, 5.41) is 8.66. The minimum Gasteiger partial charge on any atom is -0.481 e. The van der Waals surface area contributed by atoms with Gasteiger partial charge in [0.05, 0.1) is 12.3 Å². The van der Waals surface area contributed by atoms with E-state index in [9.17, 15) is 9.59 Å². The van der Waals surface area contributed by atoms with Crippen LogP contribution in [0.25, 0.3) is 0 Å². The lowest BCUT2D eigenvalue weighted by atomic mass is 10.1. The Morgan fingerprint density at radius 2 is 1.93 bits per heavy atom. The van der Waals surface area contributed by atoms with Crippen LogP contribution in [-0.4, -0.2) is 28.4 Å². The van der Waals surface area contributed by atoms with Crippen LogP contribution >= 0.6 is 12.6 Å². The maximum Gasteiger partial charge on any atom is 0.307 e. The normalized spacial score (nSPS) is 13.4. The Labute approximate surface area is 89.0 Å². The van der Waals surface area contributed by atoms with E-state index in [1.54, 1.807) is 20.8 Å². The van der Waals surface area contributed by atoms with Crippen LogP contribution in [0.15, 0.2) is 0 Å². The zero-order chi connectivity index (χ0) is 11.4. The van der Waals surface area contributed by atoms with Crippen molar-refractivity contribution in [3.05, 3.63) is 0 Å². The molecule has 0 aromatic rings. The Hall–Kier alpha value is -0.710. The number of hydrogen-bond donors (Lipinski definition) is 2. The van der Waals surface area contributed by atoms with E-state index in [2.05, 4.69) is 12.6 Å². The molecule has 1 atom stereocenters. The zero-order valence-corrected chi connectivity index (χ0v) is 9.51. The number of ether oxygens (including phenoxy) is 1. The standard InChI is InChI=1S/C9H16O4S/c1-9(2,3)13-7(10)4-6(5-14)8(11)12/h6,14H,4-5H2,1-3H3,(H,11,12)/t6-/m0/s1. The lowest BCUT2D eigenvalue weighted by Crippen LogP contribution is -2.27. The molecule has 1 N–H and O–H groups in total. The van der Waals surface area contributed by atoms with Crippen molar-refractivity contribution in [2.75, 3.05) is 5.75 Å². The highest BCUT2D eigenvalue weighted by Gasteiger charge is 2.23. The molecule has 0 bridgehead atoms. The minimum absolute atomic E-state index is 0.129. The van der Waals surface area contributed by atoms with E-state index in [-0.39, 0.29) is 12.2 Å². The molecule has 0 heterocycles. The van der Waals surface area contributed by atoms with Crippen molar-refractivity contribution in [2.24, 2.45) is 5.92 Å². The van der Waals surface area contributed by atoms with Gasteiger partial charge in [-0.15, -0.1) is 0 Å². The maximum absolute atomic E-state index is 11.2. The Kier molecular flexibility index (Phi) is 4.97. The molecule has 0 aliphatic carbocycles. The first-order chi connectivity index (χ1) is 6.26. The lowest BCUT2D eigenvalue weighted by molar-refractivity contribution is -0.159. The van der Waals surface area contributed by atoms with Gasteiger partial charge < -0.3 is 9.84 Å². The number of aliphatic carboxylic acids is 1. The molecular weight excluding hydrogens is 204 g/mol. The monoisotopic (exact) mass is 220 g/mol. The summed E-state index contributed by atoms with van der Waals surface area (Å²) in [6.07, 6.45) is -0.129. The van der Waals surface area contributed by atoms with Gasteiger partial charge in [-0.05, 0) is 20.8 Å². The first kappa shape index (κ1) is 13.3. The van der Waals surface area contributed by atoms with Crippen molar-refractivity contribution < 1.29 is 19.4 Å². The highest BCUT2D eigenvalue weighted by molar-refractivity contribution is 7.80. The number of esters is 1. The number of carbonyl (C=O) groups is 2. The molecule has 0 saturated carbocycles. The molecule has 0 aromatic carbocycles. The van der Waals surface area contributed by atoms with Crippen LogP contribution < -0.4 is 0 Å². The number of carboxylic acid groups (broad SMARTS) is 1. The van der Waals surface area contributed by atoms with Crippen LogP contribution in [0.4, 0.5) is 0 Å². The highest BCUT2D eigenvalue weighted by Crippen LogP contribution is 2.12. The SMILES string of the molecule is CC(C)(C)OC(=O)C[C@@H](CS)C(=O)O. The molecular formula is C9H16O4S. The number of hydrogen-bond acceptors (Lipinski definition) is 4. The van der Waals surface area contributed by atoms with E-state index < -0.39 is 23.5 Å². The molecule has 0 radical (unpaired) electrons. The van der Waals surface area contributed by atoms with Crippen molar-refractivity contribution in [2.45, 2.75) is 32.8 Å². The third-order valence-corrected chi connectivity index (χ3v) is 1.84. The first-order valence-electron chi connectivity index (χ1n) is 4.32. The molecule has 0 aliphatic heterocycles. The molecule has 5 heteroatoms. The van der Waals surface area contributed by atoms with Crippen LogP contribution in [0.1, 0.15) is 27.2 Å². The van der Waals surface area contributed by atoms with Crippen molar-refractivity contribution in [3.8, 4) is 0 Å². The van der Waals surface area contributed by atoms with Gasteiger partial charge in [-0.1, -0.05) is 0 Å². The van der Waals surface area contributed by atoms with Gasteiger partial charge in [-0.3, -0.25) is 9.59 Å². The van der Waals surface area contributed by atoms with Gasteiger partial charge in [-0.25, -0.2) is 0 Å². The van der Waals surface area contributed by atoms with Crippen molar-refractivity contribution in [1.29, 1.82) is 0 Å². The van der Waals surface area contributed by atoms with Crippen molar-refractivity contribution in [3.63, 3.8) is 0 Å². The molecule has 0 rings (SSSR count). The summed E-state index contributed by atoms with van der Waals surface area (Å²) in [6, 6.07) is 0. The summed E-state index contributed by atoms with van der Waals surface area (Å²) in [5.74, 6) is -2.16. The molecule has 0 amide bonds. The second-order valence-corrected chi connectivity index (χ2v) is 4.37. The minimum atomic E-state index is -1.02. The third kappa shape index (κ3) is 5.85. The van der Waals surface area contributed by atoms with E-state index in [0.29, 0.717) is 0 Å². The largest absolute Gasteiger partial charge is 0.481 e. The number of carboxylic acids is 1. The van der Waals surface area contributed by atoms with E-state index in [0.717, 1.165) is 0 Å². The van der Waals surface area contributed by atoms with Gasteiger partial charge in [0.15, 0.2) is 0 Å². The molecule has 0 aromatic heterocycles. The van der Waals surface area contributed by atoms with E-state index >= 15 is 0 Å². The fourth-order valence-corrected chi connectivity index (χ4v) is 1.10. The maximum atomic E-state index is 11.2. The molecule has 0 saturated heterocycles. The van der Waals surface area contributed by atoms with Crippen molar-refractivity contribution in [1.82, 2.24) is 0 Å². The molecule has 0 unspecified atom stereocenters. The van der Waals surface area contributed by atoms with E-state index in [1.165, 1.54) is 0 Å². The quantitative estimate of drug-likeness (QED) is 0.554. The van der Waals surface area contributed by atoms with Crippen LogP contribution in [0.5, 0.6) is 0 Å². The van der Waals surface area contributed by atoms with Crippen LogP contribution in [-0.2, 0) is 14.3 Å². The Bertz CT molecular complexity index is 219. The van der Waals surface area contributed by atoms with Crippen LogP contribution in [0.3, 0.4) is 0 Å². The van der Waals surface area contributed by atoms with E-state index in [4.69, 9.17) is 9.84 Å². The molecule has 82 valence electrons. The summed E-state index contributed by atoms with van der Waals surface area (Å²) in [7, 11) is 0. The topological polar surface area (TPSA) is 63.6 Å². The fraction of sp³-hybridized carbons (Fsp3) is 0.778. The molecule has 14 heavy (non-hydrogen) atoms. The van der Waals surface area contributed by atoms with Crippen LogP contribution in [0, 0.1) is 5.92 Å². The summed E-state index contributed by atoms with van der Waals surface area (Å²) in [4.78, 5) is 21.8. The Morgan fingerprint density at radius 1 is 1.43 bits per heavy atom. The van der Waals surface area contributed by atoms with Gasteiger partial charge in [0.2, 0.25) is 0 Å². The van der Waals surface area contributed by atoms with E-state index in [1.807, 2.05) is 0 Å². The average Bonchev–Trinajstić information content (AvgIpc) is 1.96. The zero-order valence-electron chi connectivity index (χ0n) is 8.61. The van der Waals surface area contributed by atoms with Gasteiger partial charge in [0, 0.05) is 5.75 Å². The molecule has 4 nitrogen and oxygen atoms in total. The Morgan fingerprint density at radius 3 is 2.21 bits per heavy atom. The van der Waals surface area contributed by atoms with Crippen molar-refractivity contribution >= 4 is 24.6 Å². The number of carbonyl (C=O) groups excluding carboxylic acids is 1. The molecule has 0 aliphatic rings. The van der Waals surface area contributed by atoms with Gasteiger partial charge >= 0.3 is 11.9 Å². The van der Waals surface area contributed by atoms with Gasteiger partial charge in [0.1, 0.15) is 5.60 Å². The predicted molar refractivity (Wildman–Crippen MR) is 55.4 cm³/mol. The second-order valence-electron chi connectivity index (χ2n) is 4.01. The predicted octanol–water partition coefficient (Wildman–Crippen LogP) is 1.35. The summed E-state index contributed by atoms with van der Waals surface area (Å²) >= 11 is 3.85. The third-order valence-electron chi connectivity index (χ3n) is 1.40. The molecule has 0 fully saturated rings. The summed E-state index contributed by atoms with van der Waals surface area (Å²) in [5.41, 5.74) is -0.573. The Balaban J connectivity index is 4.11. The van der Waals surface area contributed by atoms with Crippen LogP contribution in [0.2, 0.25) is 0 Å².